The predicted molar refractivity (Wildman–Crippen MR) is 50.7 cm³/mol. The summed E-state index contributed by atoms with van der Waals surface area (Å²) in [5, 5.41) is 7.61. The minimum atomic E-state index is 0.800. The summed E-state index contributed by atoms with van der Waals surface area (Å²) in [5.74, 6) is 0. The second-order valence-corrected chi connectivity index (χ2v) is 2.37. The number of rotatable bonds is 6. The van der Waals surface area contributed by atoms with Gasteiger partial charge >= 0.3 is 0 Å². The quantitative estimate of drug-likeness (QED) is 0.281. The molecule has 0 aromatic carbocycles. The van der Waals surface area contributed by atoms with Gasteiger partial charge in [-0.15, -0.1) is 5.73 Å². The third-order valence-electron chi connectivity index (χ3n) is 1.21. The lowest BCUT2D eigenvalue weighted by Crippen LogP contribution is -1.90. The molecule has 1 N–H and O–H groups in total. The molecule has 0 heterocycles. The first-order chi connectivity index (χ1) is 5.91. The highest BCUT2D eigenvalue weighted by Crippen LogP contribution is 1.86. The highest BCUT2D eigenvalue weighted by Gasteiger charge is 1.76. The molecule has 0 saturated heterocycles. The van der Waals surface area contributed by atoms with Crippen molar-refractivity contribution in [1.82, 2.24) is 5.43 Å². The Hall–Kier alpha value is -1.08. The molecule has 0 aromatic heterocycles. The third-order valence-corrected chi connectivity index (χ3v) is 1.21. The number of nitrogens with zero attached hydrogens (tertiary/aromatic N) is 2. The van der Waals surface area contributed by atoms with Gasteiger partial charge in [0.15, 0.2) is 0 Å². The van der Waals surface area contributed by atoms with Gasteiger partial charge in [0.05, 0.1) is 12.7 Å². The van der Waals surface area contributed by atoms with Gasteiger partial charge in [-0.1, -0.05) is 25.5 Å². The summed E-state index contributed by atoms with van der Waals surface area (Å²) >= 11 is 0. The second-order valence-electron chi connectivity index (χ2n) is 2.37. The lowest BCUT2D eigenvalue weighted by atomic mass is 10.3. The molecule has 0 aliphatic carbocycles. The van der Waals surface area contributed by atoms with Gasteiger partial charge in [0.25, 0.3) is 0 Å². The first-order valence-electron chi connectivity index (χ1n) is 4.43. The van der Waals surface area contributed by atoms with Crippen molar-refractivity contribution in [2.75, 3.05) is 6.54 Å². The minimum absolute atomic E-state index is 0.800. The third kappa shape index (κ3) is 8.92. The van der Waals surface area contributed by atoms with E-state index in [4.69, 9.17) is 0 Å². The van der Waals surface area contributed by atoms with Crippen LogP contribution >= 0.6 is 0 Å². The normalized spacial score (nSPS) is 9.50. The maximum absolute atomic E-state index is 3.89. The predicted octanol–water partition coefficient (Wildman–Crippen LogP) is 2.82. The van der Waals surface area contributed by atoms with Crippen molar-refractivity contribution in [3.05, 3.63) is 18.0 Å². The number of unbranched alkanes of at least 4 members (excludes halogenated alkanes) is 1. The average molecular weight is 167 g/mol. The molecule has 0 spiro atoms. The molecule has 12 heavy (non-hydrogen) atoms. The SMILES string of the molecule is CCC=C=CNN=NCCCC. The summed E-state index contributed by atoms with van der Waals surface area (Å²) in [5.41, 5.74) is 5.58. The van der Waals surface area contributed by atoms with E-state index in [9.17, 15) is 0 Å². The Bertz CT molecular complexity index is 167. The van der Waals surface area contributed by atoms with Crippen molar-refractivity contribution < 1.29 is 0 Å². The van der Waals surface area contributed by atoms with E-state index in [2.05, 4.69) is 35.3 Å². The highest BCUT2D eigenvalue weighted by atomic mass is 15.4. The van der Waals surface area contributed by atoms with E-state index in [1.165, 1.54) is 0 Å². The summed E-state index contributed by atoms with van der Waals surface area (Å²) in [6, 6.07) is 0. The van der Waals surface area contributed by atoms with Crippen molar-refractivity contribution in [3.63, 3.8) is 0 Å². The first kappa shape index (κ1) is 10.9. The van der Waals surface area contributed by atoms with Crippen LogP contribution < -0.4 is 5.43 Å². The summed E-state index contributed by atoms with van der Waals surface area (Å²) in [6.45, 7) is 4.99. The molecule has 0 fully saturated rings. The zero-order valence-electron chi connectivity index (χ0n) is 7.88. The first-order valence-corrected chi connectivity index (χ1v) is 4.43. The number of hydrogen-bond acceptors (Lipinski definition) is 2. The number of nitrogens with one attached hydrogen (secondary N) is 1. The maximum Gasteiger partial charge on any atom is 0.0632 e. The van der Waals surface area contributed by atoms with Crippen LogP contribution in [0.15, 0.2) is 28.3 Å². The van der Waals surface area contributed by atoms with Crippen LogP contribution in [-0.2, 0) is 0 Å². The van der Waals surface area contributed by atoms with Crippen molar-refractivity contribution in [2.45, 2.75) is 33.1 Å². The van der Waals surface area contributed by atoms with Gasteiger partial charge in [-0.2, -0.15) is 5.11 Å². The average Bonchev–Trinajstić information content (AvgIpc) is 2.10. The molecule has 0 bridgehead atoms. The van der Waals surface area contributed by atoms with E-state index in [1.807, 2.05) is 6.08 Å². The van der Waals surface area contributed by atoms with Gasteiger partial charge in [-0.05, 0) is 18.9 Å². The van der Waals surface area contributed by atoms with Crippen molar-refractivity contribution in [2.24, 2.45) is 10.3 Å². The van der Waals surface area contributed by atoms with E-state index >= 15 is 0 Å². The fourth-order valence-corrected chi connectivity index (χ4v) is 0.563. The molecule has 0 saturated carbocycles. The van der Waals surface area contributed by atoms with Gasteiger partial charge < -0.3 is 0 Å². The van der Waals surface area contributed by atoms with Crippen LogP contribution in [-0.4, -0.2) is 6.54 Å². The summed E-state index contributed by atoms with van der Waals surface area (Å²) < 4.78 is 0. The molecule has 68 valence electrons. The lowest BCUT2D eigenvalue weighted by molar-refractivity contribution is 0.730. The number of allylic oxidation sites excluding steroid dienone is 1. The topological polar surface area (TPSA) is 36.8 Å². The Kier molecular flexibility index (Phi) is 9.03. The second kappa shape index (κ2) is 9.92. The van der Waals surface area contributed by atoms with Gasteiger partial charge in [-0.25, -0.2) is 0 Å². The Balaban J connectivity index is 3.29. The van der Waals surface area contributed by atoms with Gasteiger partial charge in [0, 0.05) is 0 Å². The molecule has 0 rings (SSSR count). The summed E-state index contributed by atoms with van der Waals surface area (Å²) in [4.78, 5) is 0. The van der Waals surface area contributed by atoms with Crippen LogP contribution in [0.4, 0.5) is 0 Å². The lowest BCUT2D eigenvalue weighted by Gasteiger charge is -1.87. The van der Waals surface area contributed by atoms with Crippen molar-refractivity contribution in [1.29, 1.82) is 0 Å². The molecule has 0 aliphatic rings. The minimum Gasteiger partial charge on any atom is -0.260 e. The Morgan fingerprint density at radius 2 is 2.25 bits per heavy atom. The van der Waals surface area contributed by atoms with E-state index in [0.29, 0.717) is 0 Å². The zero-order chi connectivity index (χ0) is 9.07. The maximum atomic E-state index is 3.89. The van der Waals surface area contributed by atoms with E-state index < -0.39 is 0 Å². The van der Waals surface area contributed by atoms with Crippen LogP contribution in [0.25, 0.3) is 0 Å². The van der Waals surface area contributed by atoms with Gasteiger partial charge in [-0.3, -0.25) is 5.43 Å². The van der Waals surface area contributed by atoms with Gasteiger partial charge in [0.2, 0.25) is 0 Å². The fraction of sp³-hybridized carbons (Fsp3) is 0.667. The molecule has 0 amide bonds. The Morgan fingerprint density at radius 3 is 2.92 bits per heavy atom. The molecule has 3 heteroatoms. The standard InChI is InChI=1S/C9H17N3/c1-3-5-7-9-11-12-10-8-6-4-2/h5,9H,3-4,6,8H2,1-2H3,(H,10,11). The van der Waals surface area contributed by atoms with Crippen LogP contribution in [0, 0.1) is 0 Å². The fourth-order valence-electron chi connectivity index (χ4n) is 0.563. The molecule has 3 nitrogen and oxygen atoms in total. The van der Waals surface area contributed by atoms with E-state index in [1.54, 1.807) is 6.20 Å². The largest absolute Gasteiger partial charge is 0.260 e. The van der Waals surface area contributed by atoms with Crippen LogP contribution in [0.5, 0.6) is 0 Å². The summed E-state index contributed by atoms with van der Waals surface area (Å²) in [6.07, 6.45) is 6.82. The van der Waals surface area contributed by atoms with E-state index in [-0.39, 0.29) is 0 Å². The smallest absolute Gasteiger partial charge is 0.0632 e. The van der Waals surface area contributed by atoms with Gasteiger partial charge in [0.1, 0.15) is 0 Å². The molecule has 0 aromatic rings. The number of hydrogen-bond donors (Lipinski definition) is 1. The zero-order valence-corrected chi connectivity index (χ0v) is 7.88. The van der Waals surface area contributed by atoms with Crippen LogP contribution in [0.2, 0.25) is 0 Å². The monoisotopic (exact) mass is 167 g/mol. The van der Waals surface area contributed by atoms with Crippen LogP contribution in [0.1, 0.15) is 33.1 Å². The Morgan fingerprint density at radius 1 is 1.42 bits per heavy atom. The molecular formula is C9H17N3. The van der Waals surface area contributed by atoms with E-state index in [0.717, 1.165) is 25.8 Å². The highest BCUT2D eigenvalue weighted by molar-refractivity contribution is 4.80. The molecule has 0 aliphatic heterocycles. The van der Waals surface area contributed by atoms with Crippen molar-refractivity contribution in [3.8, 4) is 0 Å². The molecular weight excluding hydrogens is 150 g/mol. The Labute approximate surface area is 74.2 Å². The summed E-state index contributed by atoms with van der Waals surface area (Å²) in [7, 11) is 0. The molecule has 0 atom stereocenters. The molecule has 0 unspecified atom stereocenters. The van der Waals surface area contributed by atoms with Crippen molar-refractivity contribution >= 4 is 0 Å². The molecule has 0 radical (unpaired) electrons. The van der Waals surface area contributed by atoms with Crippen LogP contribution in [0.3, 0.4) is 0 Å².